The molecule has 4 heteroatoms. The normalized spacial score (nSPS) is 12.4. The van der Waals surface area contributed by atoms with Gasteiger partial charge in [-0.15, -0.1) is 0 Å². The fraction of sp³-hybridized carbons (Fsp3) is 0.500. The lowest BCUT2D eigenvalue weighted by molar-refractivity contribution is 0.194. The second-order valence-corrected chi connectivity index (χ2v) is 4.56. The first-order valence-electron chi connectivity index (χ1n) is 5.09. The zero-order valence-corrected chi connectivity index (χ0v) is 11.6. The minimum Gasteiger partial charge on any atom is -0.496 e. The lowest BCUT2D eigenvalue weighted by Gasteiger charge is -2.16. The molecule has 16 heavy (non-hydrogen) atoms. The third-order valence-corrected chi connectivity index (χ3v) is 3.39. The van der Waals surface area contributed by atoms with E-state index in [1.165, 1.54) is 0 Å². The van der Waals surface area contributed by atoms with Gasteiger partial charge < -0.3 is 14.6 Å². The van der Waals surface area contributed by atoms with Gasteiger partial charge in [-0.2, -0.15) is 0 Å². The SMILES string of the molecule is COc1cc(CC(C)O)c(OC)c(Br)c1C. The molecule has 3 nitrogen and oxygen atoms in total. The highest BCUT2D eigenvalue weighted by atomic mass is 79.9. The predicted octanol–water partition coefficient (Wildman–Crippen LogP) is 2.70. The van der Waals surface area contributed by atoms with E-state index in [4.69, 9.17) is 9.47 Å². The maximum Gasteiger partial charge on any atom is 0.136 e. The summed E-state index contributed by atoms with van der Waals surface area (Å²) in [5.41, 5.74) is 1.93. The molecule has 0 spiro atoms. The standard InChI is InChI=1S/C12H17BrO3/c1-7(14)5-9-6-10(15-3)8(2)11(13)12(9)16-4/h6-7,14H,5H2,1-4H3. The van der Waals surface area contributed by atoms with Crippen molar-refractivity contribution in [2.45, 2.75) is 26.4 Å². The second-order valence-electron chi connectivity index (χ2n) is 3.76. The molecule has 0 saturated carbocycles. The summed E-state index contributed by atoms with van der Waals surface area (Å²) < 4.78 is 11.5. The van der Waals surface area contributed by atoms with Gasteiger partial charge in [0.25, 0.3) is 0 Å². The summed E-state index contributed by atoms with van der Waals surface area (Å²) in [5, 5.41) is 9.44. The first-order valence-corrected chi connectivity index (χ1v) is 5.88. The van der Waals surface area contributed by atoms with E-state index < -0.39 is 6.10 Å². The molecular formula is C12H17BrO3. The van der Waals surface area contributed by atoms with Crippen molar-refractivity contribution in [3.8, 4) is 11.5 Å². The van der Waals surface area contributed by atoms with Gasteiger partial charge in [0.1, 0.15) is 11.5 Å². The predicted molar refractivity (Wildman–Crippen MR) is 67.4 cm³/mol. The van der Waals surface area contributed by atoms with E-state index in [2.05, 4.69) is 15.9 Å². The average Bonchev–Trinajstić information content (AvgIpc) is 2.23. The van der Waals surface area contributed by atoms with Crippen molar-refractivity contribution in [1.82, 2.24) is 0 Å². The fourth-order valence-corrected chi connectivity index (χ4v) is 2.27. The molecule has 1 unspecified atom stereocenters. The van der Waals surface area contributed by atoms with Gasteiger partial charge in [-0.1, -0.05) is 0 Å². The molecule has 0 fully saturated rings. The third kappa shape index (κ3) is 2.68. The van der Waals surface area contributed by atoms with E-state index in [0.717, 1.165) is 27.1 Å². The first kappa shape index (κ1) is 13.3. The molecule has 0 saturated heterocycles. The van der Waals surface area contributed by atoms with E-state index >= 15 is 0 Å². The summed E-state index contributed by atoms with van der Waals surface area (Å²) in [5.74, 6) is 1.56. The highest BCUT2D eigenvalue weighted by Crippen LogP contribution is 2.38. The van der Waals surface area contributed by atoms with Crippen LogP contribution in [0.5, 0.6) is 11.5 Å². The molecule has 1 N–H and O–H groups in total. The number of hydrogen-bond donors (Lipinski definition) is 1. The average molecular weight is 289 g/mol. The zero-order chi connectivity index (χ0) is 12.3. The molecule has 1 aromatic carbocycles. The Kier molecular flexibility index (Phi) is 4.62. The van der Waals surface area contributed by atoms with E-state index in [1.54, 1.807) is 21.1 Å². The van der Waals surface area contributed by atoms with Gasteiger partial charge in [-0.05, 0) is 35.8 Å². The zero-order valence-electron chi connectivity index (χ0n) is 10.0. The molecule has 0 aliphatic rings. The van der Waals surface area contributed by atoms with Crippen molar-refractivity contribution >= 4 is 15.9 Å². The van der Waals surface area contributed by atoms with Gasteiger partial charge in [-0.3, -0.25) is 0 Å². The second kappa shape index (κ2) is 5.55. The Hall–Kier alpha value is -0.740. The van der Waals surface area contributed by atoms with Gasteiger partial charge in [0, 0.05) is 17.5 Å². The molecule has 0 aliphatic heterocycles. The number of aliphatic hydroxyl groups excluding tert-OH is 1. The molecule has 0 radical (unpaired) electrons. The van der Waals surface area contributed by atoms with Crippen LogP contribution in [-0.4, -0.2) is 25.4 Å². The minimum atomic E-state index is -0.409. The quantitative estimate of drug-likeness (QED) is 0.926. The number of aliphatic hydroxyl groups is 1. The van der Waals surface area contributed by atoms with Crippen LogP contribution in [0, 0.1) is 6.92 Å². The maximum atomic E-state index is 9.44. The van der Waals surface area contributed by atoms with Gasteiger partial charge in [0.15, 0.2) is 0 Å². The largest absolute Gasteiger partial charge is 0.496 e. The van der Waals surface area contributed by atoms with Crippen LogP contribution in [0.3, 0.4) is 0 Å². The van der Waals surface area contributed by atoms with E-state index in [1.807, 2.05) is 13.0 Å². The summed E-state index contributed by atoms with van der Waals surface area (Å²) in [6, 6.07) is 1.91. The highest BCUT2D eigenvalue weighted by Gasteiger charge is 2.16. The van der Waals surface area contributed by atoms with Crippen LogP contribution in [0.1, 0.15) is 18.1 Å². The van der Waals surface area contributed by atoms with Crippen LogP contribution >= 0.6 is 15.9 Å². The van der Waals surface area contributed by atoms with Crippen molar-refractivity contribution in [3.63, 3.8) is 0 Å². The number of hydrogen-bond acceptors (Lipinski definition) is 3. The maximum absolute atomic E-state index is 9.44. The summed E-state index contributed by atoms with van der Waals surface area (Å²) in [4.78, 5) is 0. The Morgan fingerprint density at radius 1 is 1.38 bits per heavy atom. The van der Waals surface area contributed by atoms with Gasteiger partial charge >= 0.3 is 0 Å². The van der Waals surface area contributed by atoms with Crippen molar-refractivity contribution in [2.75, 3.05) is 14.2 Å². The lowest BCUT2D eigenvalue weighted by Crippen LogP contribution is -2.07. The molecule has 1 rings (SSSR count). The topological polar surface area (TPSA) is 38.7 Å². The summed E-state index contributed by atoms with van der Waals surface area (Å²) >= 11 is 3.49. The van der Waals surface area contributed by atoms with E-state index in [9.17, 15) is 5.11 Å². The molecule has 0 bridgehead atoms. The van der Waals surface area contributed by atoms with Gasteiger partial charge in [-0.25, -0.2) is 0 Å². The summed E-state index contributed by atoms with van der Waals surface area (Å²) in [6.45, 7) is 3.71. The van der Waals surface area contributed by atoms with Crippen LogP contribution in [0.2, 0.25) is 0 Å². The van der Waals surface area contributed by atoms with Crippen LogP contribution in [0.25, 0.3) is 0 Å². The van der Waals surface area contributed by atoms with Crippen molar-refractivity contribution in [1.29, 1.82) is 0 Å². The van der Waals surface area contributed by atoms with E-state index in [-0.39, 0.29) is 0 Å². The summed E-state index contributed by atoms with van der Waals surface area (Å²) in [6.07, 6.45) is 0.131. The van der Waals surface area contributed by atoms with Crippen molar-refractivity contribution in [2.24, 2.45) is 0 Å². The van der Waals surface area contributed by atoms with E-state index in [0.29, 0.717) is 6.42 Å². The first-order chi connectivity index (χ1) is 7.51. The monoisotopic (exact) mass is 288 g/mol. The molecule has 0 heterocycles. The number of benzene rings is 1. The molecule has 90 valence electrons. The number of ether oxygens (including phenoxy) is 2. The highest BCUT2D eigenvalue weighted by molar-refractivity contribution is 9.10. The molecule has 0 aromatic heterocycles. The Balaban J connectivity index is 3.29. The lowest BCUT2D eigenvalue weighted by atomic mass is 10.0. The third-order valence-electron chi connectivity index (χ3n) is 2.43. The number of halogens is 1. The minimum absolute atomic E-state index is 0.409. The Labute approximate surface area is 105 Å². The molecule has 1 aromatic rings. The number of rotatable bonds is 4. The number of methoxy groups -OCH3 is 2. The van der Waals surface area contributed by atoms with Gasteiger partial charge in [0.2, 0.25) is 0 Å². The van der Waals surface area contributed by atoms with Crippen LogP contribution < -0.4 is 9.47 Å². The Morgan fingerprint density at radius 3 is 2.44 bits per heavy atom. The smallest absolute Gasteiger partial charge is 0.136 e. The summed E-state index contributed by atoms with van der Waals surface area (Å²) in [7, 11) is 3.25. The van der Waals surface area contributed by atoms with Gasteiger partial charge in [0.05, 0.1) is 24.8 Å². The molecule has 0 aliphatic carbocycles. The Morgan fingerprint density at radius 2 is 2.00 bits per heavy atom. The fourth-order valence-electron chi connectivity index (χ4n) is 1.65. The molecular weight excluding hydrogens is 272 g/mol. The van der Waals surface area contributed by atoms with Crippen LogP contribution in [0.4, 0.5) is 0 Å². The van der Waals surface area contributed by atoms with Crippen molar-refractivity contribution < 1.29 is 14.6 Å². The molecule has 1 atom stereocenters. The van der Waals surface area contributed by atoms with Crippen molar-refractivity contribution in [3.05, 3.63) is 21.7 Å². The Bertz CT molecular complexity index is 375. The van der Waals surface area contributed by atoms with Crippen LogP contribution in [-0.2, 0) is 6.42 Å². The van der Waals surface area contributed by atoms with Crippen LogP contribution in [0.15, 0.2) is 10.5 Å². The molecule has 0 amide bonds.